The van der Waals surface area contributed by atoms with Crippen LogP contribution in [0.25, 0.3) is 0 Å². The number of allylic oxidation sites excluding steroid dienone is 2. The molecule has 6 nitrogen and oxygen atoms in total. The Kier molecular flexibility index (Phi) is 4.92. The van der Waals surface area contributed by atoms with Crippen molar-refractivity contribution in [2.45, 2.75) is 32.6 Å². The zero-order chi connectivity index (χ0) is 24.5. The number of nitrogens with zero attached hydrogens (tertiary/aromatic N) is 1. The van der Waals surface area contributed by atoms with Crippen LogP contribution in [0, 0.1) is 35.5 Å². The number of hydrogen-bond acceptors (Lipinski definition) is 4. The molecule has 6 atom stereocenters. The van der Waals surface area contributed by atoms with Crippen LogP contribution in [0.3, 0.4) is 0 Å². The molecule has 2 bridgehead atoms. The van der Waals surface area contributed by atoms with Crippen molar-refractivity contribution in [3.8, 4) is 11.5 Å². The summed E-state index contributed by atoms with van der Waals surface area (Å²) in [7, 11) is 0. The summed E-state index contributed by atoms with van der Waals surface area (Å²) >= 11 is 0. The quantitative estimate of drug-likeness (QED) is 0.505. The van der Waals surface area contributed by atoms with E-state index in [-0.39, 0.29) is 53.4 Å². The molecule has 1 aliphatic heterocycles. The Labute approximate surface area is 205 Å². The molecule has 6 heteroatoms. The molecule has 7 rings (SSSR count). The highest BCUT2D eigenvalue weighted by atomic mass is 16.5. The molecular formula is C29H30N2O4. The van der Waals surface area contributed by atoms with E-state index in [1.54, 1.807) is 24.3 Å². The average molecular weight is 471 g/mol. The van der Waals surface area contributed by atoms with Gasteiger partial charge in [0.05, 0.1) is 11.8 Å². The van der Waals surface area contributed by atoms with Crippen LogP contribution in [-0.4, -0.2) is 29.2 Å². The molecule has 35 heavy (non-hydrogen) atoms. The molecule has 0 aromatic heterocycles. The fourth-order valence-electron chi connectivity index (χ4n) is 6.28. The number of carbonyl (C=O) groups excluding carboxylic acids is 3. The van der Waals surface area contributed by atoms with E-state index in [0.29, 0.717) is 23.3 Å². The van der Waals surface area contributed by atoms with Crippen molar-refractivity contribution in [2.24, 2.45) is 35.5 Å². The van der Waals surface area contributed by atoms with Crippen LogP contribution >= 0.6 is 0 Å². The Morgan fingerprint density at radius 3 is 1.91 bits per heavy atom. The molecule has 1 heterocycles. The molecular weight excluding hydrogens is 440 g/mol. The summed E-state index contributed by atoms with van der Waals surface area (Å²) in [4.78, 5) is 40.0. The monoisotopic (exact) mass is 470 g/mol. The fraction of sp³-hybridized carbons (Fsp3) is 0.414. The number of amides is 3. The summed E-state index contributed by atoms with van der Waals surface area (Å²) in [6, 6.07) is 15.1. The zero-order valence-corrected chi connectivity index (χ0v) is 20.2. The van der Waals surface area contributed by atoms with Gasteiger partial charge in [0.2, 0.25) is 17.7 Å². The van der Waals surface area contributed by atoms with Crippen LogP contribution in [0.5, 0.6) is 11.5 Å². The maximum absolute atomic E-state index is 13.1. The van der Waals surface area contributed by atoms with E-state index < -0.39 is 0 Å². The molecule has 1 saturated heterocycles. The smallest absolute Gasteiger partial charge is 0.244 e. The van der Waals surface area contributed by atoms with Crippen molar-refractivity contribution in [2.75, 3.05) is 11.9 Å². The minimum absolute atomic E-state index is 0.0809. The van der Waals surface area contributed by atoms with Gasteiger partial charge >= 0.3 is 0 Å². The second-order valence-electron chi connectivity index (χ2n) is 11.4. The summed E-state index contributed by atoms with van der Waals surface area (Å²) < 4.78 is 5.92. The number of anilines is 1. The predicted molar refractivity (Wildman–Crippen MR) is 132 cm³/mol. The first-order chi connectivity index (χ1) is 16.7. The molecule has 3 amide bonds. The van der Waals surface area contributed by atoms with Crippen molar-refractivity contribution in [3.05, 3.63) is 66.2 Å². The van der Waals surface area contributed by atoms with E-state index in [9.17, 15) is 14.4 Å². The SMILES string of the molecule is CC(C)(C)c1ccc(Oc2ccc(NC(=O)CN3C(=O)[C@@H]4[C@H]5C=C[C@@H]([C@@H]6C[C@@H]56)[C@@H]4C3=O)cc2)cc1. The fourth-order valence-corrected chi connectivity index (χ4v) is 6.28. The topological polar surface area (TPSA) is 75.7 Å². The standard InChI is InChI=1S/C29H30N2O4/c1-29(2,3)16-4-8-18(9-5-16)35-19-10-6-17(7-11-19)30-24(32)15-31-27(33)25-20-12-13-21(23-14-22(20)23)26(25)28(31)34/h4-13,20-23,25-26H,14-15H2,1-3H3,(H,30,32)/t20-,21-,22-,23-,25-,26+/m0/s1. The second kappa shape index (κ2) is 7.80. The van der Waals surface area contributed by atoms with Crippen molar-refractivity contribution in [1.29, 1.82) is 0 Å². The van der Waals surface area contributed by atoms with Crippen molar-refractivity contribution >= 4 is 23.4 Å². The molecule has 2 aromatic carbocycles. The van der Waals surface area contributed by atoms with E-state index in [2.05, 4.69) is 50.4 Å². The normalized spacial score (nSPS) is 30.2. The third-order valence-electron chi connectivity index (χ3n) is 8.15. The summed E-state index contributed by atoms with van der Waals surface area (Å²) in [5.41, 5.74) is 1.90. The number of hydrogen-bond donors (Lipinski definition) is 1. The molecule has 0 spiro atoms. The third kappa shape index (κ3) is 3.76. The van der Waals surface area contributed by atoms with Gasteiger partial charge in [-0.25, -0.2) is 0 Å². The van der Waals surface area contributed by atoms with Gasteiger partial charge in [0.15, 0.2) is 0 Å². The van der Waals surface area contributed by atoms with E-state index in [0.717, 1.165) is 12.2 Å². The largest absolute Gasteiger partial charge is 0.457 e. The number of likely N-dealkylation sites (tertiary alicyclic amines) is 1. The first-order valence-corrected chi connectivity index (χ1v) is 12.4. The number of rotatable bonds is 5. The predicted octanol–water partition coefficient (Wildman–Crippen LogP) is 4.77. The molecule has 5 aliphatic rings. The highest BCUT2D eigenvalue weighted by molar-refractivity contribution is 6.09. The number of nitrogens with one attached hydrogen (secondary N) is 1. The highest BCUT2D eigenvalue weighted by Gasteiger charge is 2.67. The first kappa shape index (κ1) is 22.1. The molecule has 2 saturated carbocycles. The Morgan fingerprint density at radius 1 is 0.886 bits per heavy atom. The maximum atomic E-state index is 13.1. The molecule has 1 N–H and O–H groups in total. The van der Waals surface area contributed by atoms with Gasteiger partial charge in [0.25, 0.3) is 0 Å². The summed E-state index contributed by atoms with van der Waals surface area (Å²) in [5.74, 6) is 1.54. The van der Waals surface area contributed by atoms with Crippen LogP contribution in [-0.2, 0) is 19.8 Å². The molecule has 3 fully saturated rings. The molecule has 0 radical (unpaired) electrons. The van der Waals surface area contributed by atoms with Gasteiger partial charge in [0.1, 0.15) is 18.0 Å². The third-order valence-corrected chi connectivity index (χ3v) is 8.15. The van der Waals surface area contributed by atoms with E-state index in [4.69, 9.17) is 4.74 Å². The minimum atomic E-state index is -0.373. The van der Waals surface area contributed by atoms with Crippen molar-refractivity contribution in [1.82, 2.24) is 4.90 Å². The maximum Gasteiger partial charge on any atom is 0.244 e. The van der Waals surface area contributed by atoms with Crippen LogP contribution in [0.15, 0.2) is 60.7 Å². The highest BCUT2D eigenvalue weighted by Crippen LogP contribution is 2.65. The van der Waals surface area contributed by atoms with Gasteiger partial charge < -0.3 is 10.1 Å². The average Bonchev–Trinajstić information content (AvgIpc) is 3.61. The molecule has 180 valence electrons. The lowest BCUT2D eigenvalue weighted by Gasteiger charge is -2.37. The van der Waals surface area contributed by atoms with Crippen molar-refractivity contribution < 1.29 is 19.1 Å². The lowest BCUT2D eigenvalue weighted by molar-refractivity contribution is -0.142. The Balaban J connectivity index is 1.07. The van der Waals surface area contributed by atoms with Gasteiger partial charge in [0, 0.05) is 5.69 Å². The van der Waals surface area contributed by atoms with E-state index in [1.807, 2.05) is 12.1 Å². The number of ether oxygens (including phenoxy) is 1. The summed E-state index contributed by atoms with van der Waals surface area (Å²) in [6.07, 6.45) is 5.40. The molecule has 4 aliphatic carbocycles. The van der Waals surface area contributed by atoms with Gasteiger partial charge in [-0.1, -0.05) is 45.1 Å². The molecule has 0 unspecified atom stereocenters. The number of carbonyl (C=O) groups is 3. The van der Waals surface area contributed by atoms with E-state index >= 15 is 0 Å². The Hall–Kier alpha value is -3.41. The zero-order valence-electron chi connectivity index (χ0n) is 20.2. The Morgan fingerprint density at radius 2 is 1.40 bits per heavy atom. The van der Waals surface area contributed by atoms with Gasteiger partial charge in [-0.15, -0.1) is 0 Å². The van der Waals surface area contributed by atoms with Gasteiger partial charge in [-0.2, -0.15) is 0 Å². The number of imide groups is 1. The minimum Gasteiger partial charge on any atom is -0.457 e. The van der Waals surface area contributed by atoms with Gasteiger partial charge in [-0.3, -0.25) is 19.3 Å². The summed E-state index contributed by atoms with van der Waals surface area (Å²) in [5, 5.41) is 2.81. The second-order valence-corrected chi connectivity index (χ2v) is 11.4. The molecule has 2 aromatic rings. The van der Waals surface area contributed by atoms with Crippen LogP contribution in [0.4, 0.5) is 5.69 Å². The summed E-state index contributed by atoms with van der Waals surface area (Å²) in [6.45, 7) is 6.27. The van der Waals surface area contributed by atoms with E-state index in [1.165, 1.54) is 10.5 Å². The lowest BCUT2D eigenvalue weighted by Crippen LogP contribution is -2.40. The Bertz CT molecular complexity index is 1190. The van der Waals surface area contributed by atoms with Crippen molar-refractivity contribution in [3.63, 3.8) is 0 Å². The number of benzene rings is 2. The van der Waals surface area contributed by atoms with Gasteiger partial charge in [-0.05, 0) is 77.5 Å². The van der Waals surface area contributed by atoms with Crippen LogP contribution in [0.2, 0.25) is 0 Å². The lowest BCUT2D eigenvalue weighted by atomic mass is 9.63. The first-order valence-electron chi connectivity index (χ1n) is 12.4. The van der Waals surface area contributed by atoms with Crippen LogP contribution in [0.1, 0.15) is 32.8 Å². The van der Waals surface area contributed by atoms with Crippen LogP contribution < -0.4 is 10.1 Å².